The van der Waals surface area contributed by atoms with E-state index in [4.69, 9.17) is 9.47 Å². The summed E-state index contributed by atoms with van der Waals surface area (Å²) in [7, 11) is 0. The van der Waals surface area contributed by atoms with E-state index < -0.39 is 0 Å². The van der Waals surface area contributed by atoms with Crippen molar-refractivity contribution in [2.24, 2.45) is 5.41 Å². The third-order valence-corrected chi connectivity index (χ3v) is 7.69. The maximum Gasteiger partial charge on any atom is 0.275 e. The SMILES string of the molecule is O=c1c2sc(-c3ccc(O)cc3)cc2ncn1-c1ccc(OCCCN2CC3(COC3)C2)cc1. The number of hydrogen-bond donors (Lipinski definition) is 1. The van der Waals surface area contributed by atoms with Gasteiger partial charge < -0.3 is 19.5 Å². The summed E-state index contributed by atoms with van der Waals surface area (Å²) >= 11 is 1.41. The number of benzene rings is 2. The van der Waals surface area contributed by atoms with Crippen LogP contribution in [0.25, 0.3) is 26.3 Å². The first-order chi connectivity index (χ1) is 16.6. The van der Waals surface area contributed by atoms with Crippen LogP contribution in [0.15, 0.2) is 65.7 Å². The first kappa shape index (κ1) is 21.3. The van der Waals surface area contributed by atoms with Gasteiger partial charge in [-0.15, -0.1) is 11.3 Å². The van der Waals surface area contributed by atoms with Crippen molar-refractivity contribution >= 4 is 21.6 Å². The van der Waals surface area contributed by atoms with Crippen LogP contribution in [0.3, 0.4) is 0 Å². The summed E-state index contributed by atoms with van der Waals surface area (Å²) in [5.41, 5.74) is 2.73. The Morgan fingerprint density at radius 3 is 2.56 bits per heavy atom. The largest absolute Gasteiger partial charge is 0.508 e. The Labute approximate surface area is 200 Å². The van der Waals surface area contributed by atoms with Crippen molar-refractivity contribution in [1.29, 1.82) is 0 Å². The van der Waals surface area contributed by atoms with Gasteiger partial charge in [-0.2, -0.15) is 0 Å². The molecule has 2 fully saturated rings. The van der Waals surface area contributed by atoms with Gasteiger partial charge in [0.15, 0.2) is 0 Å². The van der Waals surface area contributed by atoms with Crippen LogP contribution in [-0.4, -0.2) is 59.0 Å². The van der Waals surface area contributed by atoms with Crippen molar-refractivity contribution in [1.82, 2.24) is 14.5 Å². The van der Waals surface area contributed by atoms with E-state index >= 15 is 0 Å². The lowest BCUT2D eigenvalue weighted by atomic mass is 9.78. The Morgan fingerprint density at radius 1 is 1.09 bits per heavy atom. The topological polar surface area (TPSA) is 76.8 Å². The Balaban J connectivity index is 1.10. The molecule has 0 amide bonds. The molecule has 0 unspecified atom stereocenters. The third kappa shape index (κ3) is 3.98. The maximum atomic E-state index is 13.1. The summed E-state index contributed by atoms with van der Waals surface area (Å²) in [5.74, 6) is 1.01. The minimum atomic E-state index is -0.0992. The molecule has 0 saturated carbocycles. The number of ether oxygens (including phenoxy) is 2. The molecular formula is C26H25N3O4S. The average Bonchev–Trinajstić information content (AvgIpc) is 3.23. The number of aromatic hydroxyl groups is 1. The maximum absolute atomic E-state index is 13.1. The molecule has 2 aliphatic heterocycles. The smallest absolute Gasteiger partial charge is 0.275 e. The van der Waals surface area contributed by atoms with Crippen molar-refractivity contribution < 1.29 is 14.6 Å². The van der Waals surface area contributed by atoms with Crippen LogP contribution >= 0.6 is 11.3 Å². The Bertz CT molecular complexity index is 1370. The number of likely N-dealkylation sites (tertiary alicyclic amines) is 1. The lowest BCUT2D eigenvalue weighted by Gasteiger charge is -2.55. The normalized spacial score (nSPS) is 16.9. The van der Waals surface area contributed by atoms with E-state index in [1.807, 2.05) is 42.5 Å². The lowest BCUT2D eigenvalue weighted by molar-refractivity contribution is -0.189. The fourth-order valence-electron chi connectivity index (χ4n) is 4.68. The zero-order chi connectivity index (χ0) is 23.1. The number of hydrogen-bond acceptors (Lipinski definition) is 7. The molecule has 0 radical (unpaired) electrons. The van der Waals surface area contributed by atoms with Gasteiger partial charge in [-0.3, -0.25) is 9.36 Å². The molecule has 34 heavy (non-hydrogen) atoms. The van der Waals surface area contributed by atoms with Crippen molar-refractivity contribution in [3.63, 3.8) is 0 Å². The Kier molecular flexibility index (Phi) is 5.36. The highest BCUT2D eigenvalue weighted by atomic mass is 32.1. The average molecular weight is 476 g/mol. The molecular weight excluding hydrogens is 450 g/mol. The number of thiophene rings is 1. The van der Waals surface area contributed by atoms with Gasteiger partial charge in [0.2, 0.25) is 0 Å². The fraction of sp³-hybridized carbons (Fsp3) is 0.308. The first-order valence-electron chi connectivity index (χ1n) is 11.4. The number of fused-ring (bicyclic) bond motifs is 1. The van der Waals surface area contributed by atoms with Gasteiger partial charge in [-0.25, -0.2) is 4.98 Å². The van der Waals surface area contributed by atoms with Gasteiger partial charge >= 0.3 is 0 Å². The Morgan fingerprint density at radius 2 is 1.85 bits per heavy atom. The fourth-order valence-corrected chi connectivity index (χ4v) is 5.73. The molecule has 1 spiro atoms. The standard InChI is InChI=1S/C26H25N3O4S/c30-20-6-2-18(3-7-20)23-12-22-24(34-23)25(31)29(17-27-22)19-4-8-21(9-5-19)33-11-1-10-28-13-26(14-28)15-32-16-26/h2-9,12,17,30H,1,10-11,13-16H2. The van der Waals surface area contributed by atoms with Gasteiger partial charge in [0.25, 0.3) is 5.56 Å². The van der Waals surface area contributed by atoms with Gasteiger partial charge in [0.05, 0.1) is 31.0 Å². The van der Waals surface area contributed by atoms with Crippen molar-refractivity contribution in [3.8, 4) is 27.6 Å². The van der Waals surface area contributed by atoms with Crippen LogP contribution in [0, 0.1) is 5.41 Å². The Hall–Kier alpha value is -3.20. The van der Waals surface area contributed by atoms with Crippen LogP contribution < -0.4 is 10.3 Å². The summed E-state index contributed by atoms with van der Waals surface area (Å²) in [4.78, 5) is 21.0. The van der Waals surface area contributed by atoms with Gasteiger partial charge in [0, 0.05) is 29.9 Å². The highest BCUT2D eigenvalue weighted by molar-refractivity contribution is 7.22. The van der Waals surface area contributed by atoms with E-state index in [-0.39, 0.29) is 11.3 Å². The predicted molar refractivity (Wildman–Crippen MR) is 132 cm³/mol. The molecule has 2 aromatic heterocycles. The first-order valence-corrected chi connectivity index (χ1v) is 12.2. The van der Waals surface area contributed by atoms with Crippen LogP contribution in [0.4, 0.5) is 0 Å². The molecule has 7 nitrogen and oxygen atoms in total. The molecule has 2 saturated heterocycles. The van der Waals surface area contributed by atoms with Crippen LogP contribution in [0.2, 0.25) is 0 Å². The molecule has 1 N–H and O–H groups in total. The number of nitrogens with zero attached hydrogens (tertiary/aromatic N) is 3. The highest BCUT2D eigenvalue weighted by Gasteiger charge is 2.48. The second kappa shape index (κ2) is 8.54. The summed E-state index contributed by atoms with van der Waals surface area (Å²) in [6, 6.07) is 16.4. The van der Waals surface area contributed by atoms with Crippen LogP contribution in [0.1, 0.15) is 6.42 Å². The summed E-state index contributed by atoms with van der Waals surface area (Å²) in [6.07, 6.45) is 2.56. The third-order valence-electron chi connectivity index (χ3n) is 6.53. The van der Waals surface area contributed by atoms with Crippen molar-refractivity contribution in [2.75, 3.05) is 39.5 Å². The quantitative estimate of drug-likeness (QED) is 0.408. The monoisotopic (exact) mass is 475 g/mol. The number of phenols is 1. The minimum absolute atomic E-state index is 0.0992. The second-order valence-electron chi connectivity index (χ2n) is 9.19. The van der Waals surface area contributed by atoms with Crippen LogP contribution in [0.5, 0.6) is 11.5 Å². The van der Waals surface area contributed by atoms with E-state index in [0.717, 1.165) is 61.1 Å². The predicted octanol–water partition coefficient (Wildman–Crippen LogP) is 3.92. The number of phenolic OH excluding ortho intramolecular Hbond substituents is 1. The molecule has 0 aliphatic carbocycles. The highest BCUT2D eigenvalue weighted by Crippen LogP contribution is 2.37. The van der Waals surface area contributed by atoms with Gasteiger partial charge in [-0.1, -0.05) is 0 Å². The summed E-state index contributed by atoms with van der Waals surface area (Å²) < 4.78 is 13.4. The molecule has 4 heterocycles. The summed E-state index contributed by atoms with van der Waals surface area (Å²) in [5, 5.41) is 9.52. The number of rotatable bonds is 7. The molecule has 174 valence electrons. The molecule has 2 aliphatic rings. The van der Waals surface area contributed by atoms with Crippen molar-refractivity contribution in [3.05, 3.63) is 71.3 Å². The van der Waals surface area contributed by atoms with Gasteiger partial charge in [-0.05, 0) is 66.6 Å². The van der Waals surface area contributed by atoms with E-state index in [1.165, 1.54) is 11.3 Å². The molecule has 4 aromatic rings. The second-order valence-corrected chi connectivity index (χ2v) is 10.2. The minimum Gasteiger partial charge on any atom is -0.508 e. The van der Waals surface area contributed by atoms with Gasteiger partial charge in [0.1, 0.15) is 22.5 Å². The lowest BCUT2D eigenvalue weighted by Crippen LogP contribution is -2.65. The molecule has 0 atom stereocenters. The molecule has 0 bridgehead atoms. The molecule has 6 rings (SSSR count). The van der Waals surface area contributed by atoms with Crippen LogP contribution in [-0.2, 0) is 4.74 Å². The van der Waals surface area contributed by atoms with Crippen molar-refractivity contribution in [2.45, 2.75) is 6.42 Å². The zero-order valence-electron chi connectivity index (χ0n) is 18.6. The summed E-state index contributed by atoms with van der Waals surface area (Å²) in [6.45, 7) is 5.86. The molecule has 8 heteroatoms. The number of aromatic nitrogens is 2. The van der Waals surface area contributed by atoms with E-state index in [0.29, 0.717) is 22.2 Å². The van der Waals surface area contributed by atoms with E-state index in [2.05, 4.69) is 9.88 Å². The zero-order valence-corrected chi connectivity index (χ0v) is 19.5. The molecule has 2 aromatic carbocycles. The van der Waals surface area contributed by atoms with E-state index in [1.54, 1.807) is 23.0 Å². The van der Waals surface area contributed by atoms with E-state index in [9.17, 15) is 9.90 Å².